The van der Waals surface area contributed by atoms with E-state index in [4.69, 9.17) is 0 Å². The van der Waals surface area contributed by atoms with E-state index in [-0.39, 0.29) is 11.2 Å². The van der Waals surface area contributed by atoms with Crippen LogP contribution in [-0.4, -0.2) is 11.7 Å². The molecular weight excluding hydrogens is 154 g/mol. The van der Waals surface area contributed by atoms with Crippen molar-refractivity contribution in [1.29, 1.82) is 0 Å². The molecule has 2 unspecified atom stereocenters. The van der Waals surface area contributed by atoms with Crippen LogP contribution in [-0.2, 0) is 0 Å². The van der Waals surface area contributed by atoms with E-state index in [0.717, 1.165) is 12.8 Å². The molecule has 0 bridgehead atoms. The van der Waals surface area contributed by atoms with Crippen LogP contribution in [0.3, 0.4) is 0 Å². The van der Waals surface area contributed by atoms with Gasteiger partial charge >= 0.3 is 0 Å². The van der Waals surface area contributed by atoms with E-state index in [1.807, 2.05) is 0 Å². The Kier molecular flexibility index (Phi) is 2.96. The minimum Gasteiger partial charge on any atom is -0.210 e. The highest BCUT2D eigenvalue weighted by Gasteiger charge is 2.26. The summed E-state index contributed by atoms with van der Waals surface area (Å²) in [5, 5.41) is 0.216. The van der Waals surface area contributed by atoms with Crippen LogP contribution >= 0.6 is 12.6 Å². The number of thiol groups is 1. The van der Waals surface area contributed by atoms with Gasteiger partial charge in [0.1, 0.15) is 0 Å². The predicted molar refractivity (Wildman–Crippen MR) is 40.7 cm³/mol. The molecule has 0 aromatic carbocycles. The monoisotopic (exact) mass is 166 g/mol. The molecule has 1 aliphatic rings. The summed E-state index contributed by atoms with van der Waals surface area (Å²) < 4.78 is 24.1. The molecule has 1 saturated carbocycles. The minimum atomic E-state index is -2.13. The van der Waals surface area contributed by atoms with Crippen molar-refractivity contribution in [2.75, 3.05) is 0 Å². The molecule has 60 valence electrons. The summed E-state index contributed by atoms with van der Waals surface area (Å²) in [6.45, 7) is 0. The SMILES string of the molecule is FC(F)C1CCCC(S)C1. The molecule has 0 heterocycles. The largest absolute Gasteiger partial charge is 0.241 e. The van der Waals surface area contributed by atoms with Crippen molar-refractivity contribution in [2.24, 2.45) is 5.92 Å². The second kappa shape index (κ2) is 3.56. The smallest absolute Gasteiger partial charge is 0.210 e. The number of rotatable bonds is 1. The van der Waals surface area contributed by atoms with Crippen LogP contribution in [0.4, 0.5) is 8.78 Å². The van der Waals surface area contributed by atoms with Gasteiger partial charge in [0.15, 0.2) is 0 Å². The Labute approximate surface area is 65.4 Å². The van der Waals surface area contributed by atoms with Gasteiger partial charge in [-0.25, -0.2) is 8.78 Å². The lowest BCUT2D eigenvalue weighted by Crippen LogP contribution is -2.21. The zero-order valence-electron chi connectivity index (χ0n) is 5.76. The molecule has 0 spiro atoms. The van der Waals surface area contributed by atoms with E-state index in [1.165, 1.54) is 0 Å². The van der Waals surface area contributed by atoms with Crippen LogP contribution in [0.25, 0.3) is 0 Å². The molecule has 0 aromatic rings. The van der Waals surface area contributed by atoms with Crippen LogP contribution in [0.2, 0.25) is 0 Å². The topological polar surface area (TPSA) is 0 Å². The van der Waals surface area contributed by atoms with E-state index in [2.05, 4.69) is 12.6 Å². The minimum absolute atomic E-state index is 0.216. The van der Waals surface area contributed by atoms with E-state index >= 15 is 0 Å². The van der Waals surface area contributed by atoms with Crippen molar-refractivity contribution < 1.29 is 8.78 Å². The first kappa shape index (κ1) is 8.31. The predicted octanol–water partition coefficient (Wildman–Crippen LogP) is 2.74. The van der Waals surface area contributed by atoms with Gasteiger partial charge < -0.3 is 0 Å². The highest BCUT2D eigenvalue weighted by Crippen LogP contribution is 2.31. The van der Waals surface area contributed by atoms with Gasteiger partial charge in [-0.15, -0.1) is 0 Å². The Hall–Kier alpha value is 0.210. The fraction of sp³-hybridized carbons (Fsp3) is 1.00. The van der Waals surface area contributed by atoms with Gasteiger partial charge in [-0.1, -0.05) is 6.42 Å². The Morgan fingerprint density at radius 1 is 1.30 bits per heavy atom. The lowest BCUT2D eigenvalue weighted by molar-refractivity contribution is 0.0578. The first-order chi connectivity index (χ1) is 4.70. The van der Waals surface area contributed by atoms with Crippen LogP contribution in [0.15, 0.2) is 0 Å². The average Bonchev–Trinajstić information content (AvgIpc) is 1.88. The highest BCUT2D eigenvalue weighted by atomic mass is 32.1. The maximum Gasteiger partial charge on any atom is 0.241 e. The van der Waals surface area contributed by atoms with Crippen LogP contribution in [0, 0.1) is 5.92 Å². The maximum atomic E-state index is 12.1. The normalized spacial score (nSPS) is 34.8. The van der Waals surface area contributed by atoms with E-state index < -0.39 is 6.43 Å². The van der Waals surface area contributed by atoms with Crippen molar-refractivity contribution in [3.63, 3.8) is 0 Å². The maximum absolute atomic E-state index is 12.1. The fourth-order valence-electron chi connectivity index (χ4n) is 1.43. The number of halogens is 2. The zero-order valence-corrected chi connectivity index (χ0v) is 6.66. The van der Waals surface area contributed by atoms with E-state index in [9.17, 15) is 8.78 Å². The Balaban J connectivity index is 2.32. The first-order valence-corrected chi connectivity index (χ1v) is 4.18. The van der Waals surface area contributed by atoms with Gasteiger partial charge in [-0.3, -0.25) is 0 Å². The molecule has 0 aromatic heterocycles. The van der Waals surface area contributed by atoms with E-state index in [1.54, 1.807) is 0 Å². The van der Waals surface area contributed by atoms with Crippen molar-refractivity contribution in [2.45, 2.75) is 37.4 Å². The summed E-state index contributed by atoms with van der Waals surface area (Å²) in [7, 11) is 0. The number of hydrogen-bond acceptors (Lipinski definition) is 1. The Bertz CT molecular complexity index is 106. The zero-order chi connectivity index (χ0) is 7.56. The Morgan fingerprint density at radius 3 is 2.40 bits per heavy atom. The third-order valence-corrected chi connectivity index (χ3v) is 2.51. The molecule has 0 amide bonds. The van der Waals surface area contributed by atoms with Crippen molar-refractivity contribution >= 4 is 12.6 Å². The van der Waals surface area contributed by atoms with E-state index in [0.29, 0.717) is 12.8 Å². The van der Waals surface area contributed by atoms with Crippen LogP contribution in [0.1, 0.15) is 25.7 Å². The summed E-state index contributed by atoms with van der Waals surface area (Å²) in [6.07, 6.45) is 1.08. The van der Waals surface area contributed by atoms with Crippen molar-refractivity contribution in [3.05, 3.63) is 0 Å². The van der Waals surface area contributed by atoms with Gasteiger partial charge in [0, 0.05) is 11.2 Å². The first-order valence-electron chi connectivity index (χ1n) is 3.66. The summed E-state index contributed by atoms with van der Waals surface area (Å²) in [6, 6.07) is 0. The summed E-state index contributed by atoms with van der Waals surface area (Å²) >= 11 is 4.18. The number of alkyl halides is 2. The molecule has 1 fully saturated rings. The van der Waals surface area contributed by atoms with Crippen molar-refractivity contribution in [3.8, 4) is 0 Å². The quantitative estimate of drug-likeness (QED) is 0.569. The van der Waals surface area contributed by atoms with Crippen LogP contribution < -0.4 is 0 Å². The van der Waals surface area contributed by atoms with Gasteiger partial charge in [-0.05, 0) is 19.3 Å². The molecule has 1 aliphatic carbocycles. The highest BCUT2D eigenvalue weighted by molar-refractivity contribution is 7.80. The summed E-state index contributed by atoms with van der Waals surface area (Å²) in [4.78, 5) is 0. The number of hydrogen-bond donors (Lipinski definition) is 1. The summed E-state index contributed by atoms with van der Waals surface area (Å²) in [5.74, 6) is -0.378. The molecule has 1 rings (SSSR count). The fourth-order valence-corrected chi connectivity index (χ4v) is 1.88. The second-order valence-electron chi connectivity index (χ2n) is 2.91. The third kappa shape index (κ3) is 2.11. The average molecular weight is 166 g/mol. The van der Waals surface area contributed by atoms with Gasteiger partial charge in [0.25, 0.3) is 0 Å². The van der Waals surface area contributed by atoms with Gasteiger partial charge in [0.2, 0.25) is 6.43 Å². The van der Waals surface area contributed by atoms with Crippen LogP contribution in [0.5, 0.6) is 0 Å². The molecule has 0 nitrogen and oxygen atoms in total. The molecular formula is C7H12F2S. The molecule has 2 atom stereocenters. The Morgan fingerprint density at radius 2 is 2.00 bits per heavy atom. The summed E-state index contributed by atoms with van der Waals surface area (Å²) in [5.41, 5.74) is 0. The molecule has 0 N–H and O–H groups in total. The van der Waals surface area contributed by atoms with Gasteiger partial charge in [0.05, 0.1) is 0 Å². The molecule has 10 heavy (non-hydrogen) atoms. The lowest BCUT2D eigenvalue weighted by atomic mass is 9.89. The molecule has 0 aliphatic heterocycles. The molecule has 3 heteroatoms. The molecule has 0 radical (unpaired) electrons. The second-order valence-corrected chi connectivity index (χ2v) is 3.65. The third-order valence-electron chi connectivity index (χ3n) is 2.04. The van der Waals surface area contributed by atoms with Gasteiger partial charge in [-0.2, -0.15) is 12.6 Å². The molecule has 0 saturated heterocycles. The lowest BCUT2D eigenvalue weighted by Gasteiger charge is -2.24. The standard InChI is InChI=1S/C7H12F2S/c8-7(9)5-2-1-3-6(10)4-5/h5-7,10H,1-4H2. The van der Waals surface area contributed by atoms with Crippen molar-refractivity contribution in [1.82, 2.24) is 0 Å².